The Morgan fingerprint density at radius 1 is 1.30 bits per heavy atom. The second kappa shape index (κ2) is 6.79. The van der Waals surface area contributed by atoms with E-state index >= 15 is 0 Å². The summed E-state index contributed by atoms with van der Waals surface area (Å²) < 4.78 is 5.19. The summed E-state index contributed by atoms with van der Waals surface area (Å²) in [7, 11) is 1.68. The van der Waals surface area contributed by atoms with E-state index in [0.717, 1.165) is 25.1 Å². The summed E-state index contributed by atoms with van der Waals surface area (Å²) in [6, 6.07) is 8.68. The van der Waals surface area contributed by atoms with E-state index in [2.05, 4.69) is 17.4 Å². The van der Waals surface area contributed by atoms with Gasteiger partial charge in [-0.3, -0.25) is 0 Å². The van der Waals surface area contributed by atoms with Crippen LogP contribution >= 0.6 is 0 Å². The number of hydrogen-bond acceptors (Lipinski definition) is 3. The Labute approximate surface area is 137 Å². The summed E-state index contributed by atoms with van der Waals surface area (Å²) in [6.07, 6.45) is 4.86. The van der Waals surface area contributed by atoms with Crippen LogP contribution in [0.3, 0.4) is 0 Å². The van der Waals surface area contributed by atoms with Crippen molar-refractivity contribution in [2.45, 2.75) is 44.7 Å². The largest absolute Gasteiger partial charge is 0.497 e. The molecule has 1 unspecified atom stereocenters. The number of carboxylic acid groups (broad SMARTS) is 1. The van der Waals surface area contributed by atoms with Gasteiger partial charge in [0, 0.05) is 25.7 Å². The van der Waals surface area contributed by atoms with Gasteiger partial charge in [0.1, 0.15) is 5.75 Å². The van der Waals surface area contributed by atoms with Crippen LogP contribution in [0.4, 0.5) is 4.79 Å². The van der Waals surface area contributed by atoms with Gasteiger partial charge in [0.05, 0.1) is 7.11 Å². The maximum Gasteiger partial charge on any atom is 0.407 e. The normalized spacial score (nSPS) is 23.2. The Hall–Kier alpha value is -1.75. The predicted molar refractivity (Wildman–Crippen MR) is 88.7 cm³/mol. The van der Waals surface area contributed by atoms with E-state index in [1.807, 2.05) is 12.1 Å². The van der Waals surface area contributed by atoms with Crippen molar-refractivity contribution in [3.8, 4) is 5.75 Å². The summed E-state index contributed by atoms with van der Waals surface area (Å²) in [5.41, 5.74) is 1.55. The van der Waals surface area contributed by atoms with Gasteiger partial charge in [-0.15, -0.1) is 0 Å². The number of piperidine rings is 1. The second-order valence-electron chi connectivity index (χ2n) is 6.81. The Balaban J connectivity index is 1.57. The van der Waals surface area contributed by atoms with Crippen LogP contribution in [-0.4, -0.2) is 42.3 Å². The maximum atomic E-state index is 11.1. The van der Waals surface area contributed by atoms with Gasteiger partial charge in [0.2, 0.25) is 0 Å². The molecule has 1 aliphatic carbocycles. The van der Waals surface area contributed by atoms with Crippen LogP contribution in [-0.2, 0) is 6.54 Å². The molecule has 1 aromatic carbocycles. The lowest BCUT2D eigenvalue weighted by atomic mass is 9.74. The van der Waals surface area contributed by atoms with Crippen LogP contribution in [0.1, 0.15) is 37.7 Å². The van der Waals surface area contributed by atoms with Gasteiger partial charge in [0.15, 0.2) is 0 Å². The lowest BCUT2D eigenvalue weighted by Gasteiger charge is -2.42. The van der Waals surface area contributed by atoms with Crippen molar-refractivity contribution in [1.82, 2.24) is 10.2 Å². The Morgan fingerprint density at radius 2 is 2.00 bits per heavy atom. The lowest BCUT2D eigenvalue weighted by Crippen LogP contribution is -2.49. The average molecular weight is 318 g/mol. The predicted octanol–water partition coefficient (Wildman–Crippen LogP) is 3.10. The number of nitrogens with zero attached hydrogens (tertiary/aromatic N) is 1. The molecule has 0 bridgehead atoms. The molecule has 1 saturated heterocycles. The zero-order chi connectivity index (χ0) is 16.3. The van der Waals surface area contributed by atoms with E-state index in [1.165, 1.54) is 24.8 Å². The number of amides is 1. The van der Waals surface area contributed by atoms with Crippen LogP contribution in [0.2, 0.25) is 0 Å². The maximum absolute atomic E-state index is 11.1. The van der Waals surface area contributed by atoms with E-state index < -0.39 is 6.09 Å². The Morgan fingerprint density at radius 3 is 2.61 bits per heavy atom. The molecule has 23 heavy (non-hydrogen) atoms. The van der Waals surface area contributed by atoms with E-state index in [1.54, 1.807) is 12.0 Å². The summed E-state index contributed by atoms with van der Waals surface area (Å²) in [5, 5.41) is 12.9. The van der Waals surface area contributed by atoms with Gasteiger partial charge in [-0.1, -0.05) is 18.6 Å². The molecule has 0 radical (unpaired) electrons. The summed E-state index contributed by atoms with van der Waals surface area (Å²) in [4.78, 5) is 12.7. The monoisotopic (exact) mass is 318 g/mol. The third-order valence-corrected chi connectivity index (χ3v) is 5.65. The number of carbonyl (C=O) groups is 1. The minimum absolute atomic E-state index is 0.290. The molecule has 3 rings (SSSR count). The highest BCUT2D eigenvalue weighted by atomic mass is 16.5. The van der Waals surface area contributed by atoms with Crippen LogP contribution in [0, 0.1) is 5.41 Å². The summed E-state index contributed by atoms with van der Waals surface area (Å²) >= 11 is 0. The zero-order valence-electron chi connectivity index (χ0n) is 13.8. The van der Waals surface area contributed by atoms with Crippen molar-refractivity contribution in [2.24, 2.45) is 5.41 Å². The van der Waals surface area contributed by atoms with Gasteiger partial charge in [-0.25, -0.2) is 4.79 Å². The molecule has 126 valence electrons. The average Bonchev–Trinajstić information content (AvgIpc) is 2.96. The highest BCUT2D eigenvalue weighted by Gasteiger charge is 2.44. The van der Waals surface area contributed by atoms with Crippen molar-refractivity contribution in [3.05, 3.63) is 29.8 Å². The molecule has 2 aliphatic rings. The second-order valence-corrected chi connectivity index (χ2v) is 6.81. The molecule has 1 atom stereocenters. The number of hydrogen-bond donors (Lipinski definition) is 2. The number of benzene rings is 1. The fourth-order valence-corrected chi connectivity index (χ4v) is 4.18. The van der Waals surface area contributed by atoms with E-state index in [4.69, 9.17) is 9.84 Å². The Kier molecular flexibility index (Phi) is 4.76. The molecular weight excluding hydrogens is 292 g/mol. The van der Waals surface area contributed by atoms with Crippen molar-refractivity contribution in [1.29, 1.82) is 0 Å². The molecule has 1 spiro atoms. The third kappa shape index (κ3) is 3.44. The van der Waals surface area contributed by atoms with Crippen molar-refractivity contribution < 1.29 is 14.6 Å². The summed E-state index contributed by atoms with van der Waals surface area (Å²) in [6.45, 7) is 2.21. The molecule has 5 nitrogen and oxygen atoms in total. The molecule has 1 heterocycles. The smallest absolute Gasteiger partial charge is 0.407 e. The molecule has 2 N–H and O–H groups in total. The van der Waals surface area contributed by atoms with Crippen molar-refractivity contribution >= 4 is 6.09 Å². The molecular formula is C18H26N2O3. The van der Waals surface area contributed by atoms with E-state index in [0.29, 0.717) is 24.5 Å². The standard InChI is InChI=1S/C18H26N2O3/c1-23-15-6-4-14(5-7-15)13-19-16-3-2-8-18(16)9-11-20(12-10-18)17(21)22/h4-7,16,19H,2-3,8-13H2,1H3,(H,21,22). The quantitative estimate of drug-likeness (QED) is 0.895. The lowest BCUT2D eigenvalue weighted by molar-refractivity contribution is 0.0758. The molecule has 2 fully saturated rings. The molecule has 5 heteroatoms. The fourth-order valence-electron chi connectivity index (χ4n) is 4.18. The fraction of sp³-hybridized carbons (Fsp3) is 0.611. The molecule has 1 amide bonds. The first kappa shape index (κ1) is 16.1. The van der Waals surface area contributed by atoms with Crippen LogP contribution in [0.15, 0.2) is 24.3 Å². The highest BCUT2D eigenvalue weighted by Crippen LogP contribution is 2.46. The molecule has 1 aromatic rings. The van der Waals surface area contributed by atoms with Crippen LogP contribution in [0.25, 0.3) is 0 Å². The van der Waals surface area contributed by atoms with Crippen LogP contribution < -0.4 is 10.1 Å². The molecule has 0 aromatic heterocycles. The third-order valence-electron chi connectivity index (χ3n) is 5.65. The first-order valence-electron chi connectivity index (χ1n) is 8.47. The zero-order valence-corrected chi connectivity index (χ0v) is 13.8. The first-order chi connectivity index (χ1) is 11.1. The van der Waals surface area contributed by atoms with Gasteiger partial charge < -0.3 is 20.1 Å². The minimum atomic E-state index is -0.777. The molecule has 1 aliphatic heterocycles. The van der Waals surface area contributed by atoms with E-state index in [9.17, 15) is 4.79 Å². The number of nitrogens with one attached hydrogen (secondary N) is 1. The van der Waals surface area contributed by atoms with Crippen molar-refractivity contribution in [2.75, 3.05) is 20.2 Å². The van der Waals surface area contributed by atoms with Gasteiger partial charge in [-0.2, -0.15) is 0 Å². The van der Waals surface area contributed by atoms with Crippen molar-refractivity contribution in [3.63, 3.8) is 0 Å². The van der Waals surface area contributed by atoms with Gasteiger partial charge >= 0.3 is 6.09 Å². The minimum Gasteiger partial charge on any atom is -0.497 e. The van der Waals surface area contributed by atoms with Crippen LogP contribution in [0.5, 0.6) is 5.75 Å². The topological polar surface area (TPSA) is 61.8 Å². The number of likely N-dealkylation sites (tertiary alicyclic amines) is 1. The van der Waals surface area contributed by atoms with E-state index in [-0.39, 0.29) is 0 Å². The Bertz CT molecular complexity index is 536. The first-order valence-corrected chi connectivity index (χ1v) is 8.47. The SMILES string of the molecule is COc1ccc(CNC2CCCC23CCN(C(=O)O)CC3)cc1. The van der Waals surface area contributed by atoms with Gasteiger partial charge in [0.25, 0.3) is 0 Å². The van der Waals surface area contributed by atoms with Gasteiger partial charge in [-0.05, 0) is 48.8 Å². The number of ether oxygens (including phenoxy) is 1. The molecule has 1 saturated carbocycles. The summed E-state index contributed by atoms with van der Waals surface area (Å²) in [5.74, 6) is 0.882. The number of rotatable bonds is 4. The number of methoxy groups -OCH3 is 1. The highest BCUT2D eigenvalue weighted by molar-refractivity contribution is 5.65.